The Hall–Kier alpha value is -1.74. The first-order chi connectivity index (χ1) is 8.61. The van der Waals surface area contributed by atoms with Crippen LogP contribution in [0.25, 0.3) is 0 Å². The van der Waals surface area contributed by atoms with Gasteiger partial charge in [-0.15, -0.1) is 12.6 Å². The summed E-state index contributed by atoms with van der Waals surface area (Å²) in [6.45, 7) is 1.99. The first-order valence-electron chi connectivity index (χ1n) is 5.73. The molecule has 0 heterocycles. The average Bonchev–Trinajstić information content (AvgIpc) is 2.38. The van der Waals surface area contributed by atoms with Crippen LogP contribution in [0.15, 0.2) is 53.4 Å². The Labute approximate surface area is 113 Å². The molecule has 0 unspecified atom stereocenters. The molecule has 92 valence electrons. The molecule has 0 aliphatic carbocycles. The van der Waals surface area contributed by atoms with E-state index in [2.05, 4.69) is 12.6 Å². The Morgan fingerprint density at radius 1 is 1.06 bits per heavy atom. The van der Waals surface area contributed by atoms with E-state index in [-0.39, 0.29) is 5.91 Å². The van der Waals surface area contributed by atoms with Gasteiger partial charge in [-0.25, -0.2) is 0 Å². The van der Waals surface area contributed by atoms with E-state index in [0.29, 0.717) is 10.5 Å². The third kappa shape index (κ3) is 2.41. The van der Waals surface area contributed by atoms with Crippen LogP contribution in [-0.2, 0) is 0 Å². The van der Waals surface area contributed by atoms with Crippen molar-refractivity contribution in [1.82, 2.24) is 0 Å². The van der Waals surface area contributed by atoms with Crippen LogP contribution in [-0.4, -0.2) is 13.0 Å². The number of amides is 1. The highest BCUT2D eigenvalue weighted by atomic mass is 32.1. The van der Waals surface area contributed by atoms with E-state index in [1.165, 1.54) is 0 Å². The Balaban J connectivity index is 2.36. The molecule has 0 N–H and O–H groups in total. The van der Waals surface area contributed by atoms with E-state index in [1.54, 1.807) is 18.0 Å². The number of aryl methyl sites for hydroxylation is 1. The van der Waals surface area contributed by atoms with Crippen LogP contribution in [0.2, 0.25) is 0 Å². The molecular formula is C15H15NOS. The van der Waals surface area contributed by atoms with Gasteiger partial charge in [0.1, 0.15) is 0 Å². The van der Waals surface area contributed by atoms with E-state index >= 15 is 0 Å². The highest BCUT2D eigenvalue weighted by Gasteiger charge is 2.16. The lowest BCUT2D eigenvalue weighted by Gasteiger charge is -2.20. The molecule has 0 radical (unpaired) electrons. The molecule has 3 heteroatoms. The van der Waals surface area contributed by atoms with Crippen LogP contribution in [0.4, 0.5) is 5.69 Å². The maximum atomic E-state index is 12.4. The number of para-hydroxylation sites is 1. The van der Waals surface area contributed by atoms with E-state index in [9.17, 15) is 4.79 Å². The van der Waals surface area contributed by atoms with Crippen molar-refractivity contribution in [2.45, 2.75) is 11.8 Å². The Bertz CT molecular complexity index is 580. The summed E-state index contributed by atoms with van der Waals surface area (Å²) in [5.41, 5.74) is 2.61. The standard InChI is InChI=1S/C15H15NOS/c1-11-7-3-5-9-13(11)16(2)15(17)12-8-4-6-10-14(12)18/h3-10,18H,1-2H3. The normalized spacial score (nSPS) is 10.2. The molecule has 0 bridgehead atoms. The summed E-state index contributed by atoms with van der Waals surface area (Å²) >= 11 is 4.32. The summed E-state index contributed by atoms with van der Waals surface area (Å²) in [6, 6.07) is 15.1. The van der Waals surface area contributed by atoms with Crippen molar-refractivity contribution < 1.29 is 4.79 Å². The fourth-order valence-corrected chi connectivity index (χ4v) is 2.14. The maximum Gasteiger partial charge on any atom is 0.259 e. The molecule has 0 aromatic heterocycles. The molecule has 18 heavy (non-hydrogen) atoms. The fourth-order valence-electron chi connectivity index (χ4n) is 1.88. The van der Waals surface area contributed by atoms with Crippen LogP contribution in [0.1, 0.15) is 15.9 Å². The first-order valence-corrected chi connectivity index (χ1v) is 6.17. The Morgan fingerprint density at radius 2 is 1.67 bits per heavy atom. The largest absolute Gasteiger partial charge is 0.311 e. The molecule has 0 spiro atoms. The second kappa shape index (κ2) is 5.27. The molecular weight excluding hydrogens is 242 g/mol. The second-order valence-electron chi connectivity index (χ2n) is 4.17. The van der Waals surface area contributed by atoms with Crippen LogP contribution >= 0.6 is 12.6 Å². The van der Waals surface area contributed by atoms with Crippen molar-refractivity contribution in [3.63, 3.8) is 0 Å². The number of anilines is 1. The Kier molecular flexibility index (Phi) is 3.72. The minimum atomic E-state index is -0.0464. The van der Waals surface area contributed by atoms with Crippen molar-refractivity contribution in [1.29, 1.82) is 0 Å². The molecule has 2 rings (SSSR count). The third-order valence-electron chi connectivity index (χ3n) is 2.92. The van der Waals surface area contributed by atoms with Gasteiger partial charge in [-0.3, -0.25) is 4.79 Å². The number of carbonyl (C=O) groups excluding carboxylic acids is 1. The van der Waals surface area contributed by atoms with Gasteiger partial charge in [0.2, 0.25) is 0 Å². The zero-order valence-corrected chi connectivity index (χ0v) is 11.3. The van der Waals surface area contributed by atoms with Crippen LogP contribution in [0.3, 0.4) is 0 Å². The third-order valence-corrected chi connectivity index (χ3v) is 3.31. The summed E-state index contributed by atoms with van der Waals surface area (Å²) in [4.78, 5) is 14.7. The summed E-state index contributed by atoms with van der Waals surface area (Å²) in [5.74, 6) is -0.0464. The average molecular weight is 257 g/mol. The van der Waals surface area contributed by atoms with Gasteiger partial charge in [0.05, 0.1) is 5.56 Å². The van der Waals surface area contributed by atoms with Gasteiger partial charge in [-0.1, -0.05) is 30.3 Å². The summed E-state index contributed by atoms with van der Waals surface area (Å²) in [5, 5.41) is 0. The second-order valence-corrected chi connectivity index (χ2v) is 4.65. The van der Waals surface area contributed by atoms with Crippen molar-refractivity contribution in [2.75, 3.05) is 11.9 Å². The van der Waals surface area contributed by atoms with Gasteiger partial charge < -0.3 is 4.90 Å². The van der Waals surface area contributed by atoms with Gasteiger partial charge in [-0.05, 0) is 30.7 Å². The number of carbonyl (C=O) groups is 1. The lowest BCUT2D eigenvalue weighted by Crippen LogP contribution is -2.27. The van der Waals surface area contributed by atoms with Crippen molar-refractivity contribution in [3.8, 4) is 0 Å². The predicted octanol–water partition coefficient (Wildman–Crippen LogP) is 3.56. The minimum absolute atomic E-state index is 0.0464. The van der Waals surface area contributed by atoms with Crippen LogP contribution in [0, 0.1) is 6.92 Å². The predicted molar refractivity (Wildman–Crippen MR) is 77.6 cm³/mol. The van der Waals surface area contributed by atoms with Crippen molar-refractivity contribution in [2.24, 2.45) is 0 Å². The molecule has 2 aromatic rings. The van der Waals surface area contributed by atoms with Crippen LogP contribution < -0.4 is 4.90 Å². The van der Waals surface area contributed by atoms with E-state index in [1.807, 2.05) is 49.4 Å². The van der Waals surface area contributed by atoms with Crippen molar-refractivity contribution >= 4 is 24.2 Å². The highest BCUT2D eigenvalue weighted by molar-refractivity contribution is 7.80. The monoisotopic (exact) mass is 257 g/mol. The van der Waals surface area contributed by atoms with Crippen LogP contribution in [0.5, 0.6) is 0 Å². The highest BCUT2D eigenvalue weighted by Crippen LogP contribution is 2.22. The summed E-state index contributed by atoms with van der Waals surface area (Å²) < 4.78 is 0. The van der Waals surface area contributed by atoms with Gasteiger partial charge in [0, 0.05) is 17.6 Å². The number of rotatable bonds is 2. The molecule has 0 fully saturated rings. The molecule has 2 nitrogen and oxygen atoms in total. The zero-order chi connectivity index (χ0) is 13.1. The maximum absolute atomic E-state index is 12.4. The van der Waals surface area contributed by atoms with Gasteiger partial charge >= 0.3 is 0 Å². The molecule has 0 saturated heterocycles. The molecule has 1 amide bonds. The van der Waals surface area contributed by atoms with E-state index in [4.69, 9.17) is 0 Å². The lowest BCUT2D eigenvalue weighted by atomic mass is 10.1. The molecule has 2 aromatic carbocycles. The topological polar surface area (TPSA) is 20.3 Å². The molecule has 0 aliphatic heterocycles. The summed E-state index contributed by atoms with van der Waals surface area (Å²) in [7, 11) is 1.78. The Morgan fingerprint density at radius 3 is 2.33 bits per heavy atom. The number of thiol groups is 1. The quantitative estimate of drug-likeness (QED) is 0.816. The number of nitrogens with zero attached hydrogens (tertiary/aromatic N) is 1. The SMILES string of the molecule is Cc1ccccc1N(C)C(=O)c1ccccc1S. The smallest absolute Gasteiger partial charge is 0.259 e. The van der Waals surface area contributed by atoms with Gasteiger partial charge in [-0.2, -0.15) is 0 Å². The molecule has 0 atom stereocenters. The van der Waals surface area contributed by atoms with Crippen molar-refractivity contribution in [3.05, 3.63) is 59.7 Å². The summed E-state index contributed by atoms with van der Waals surface area (Å²) in [6.07, 6.45) is 0. The fraction of sp³-hybridized carbons (Fsp3) is 0.133. The van der Waals surface area contributed by atoms with Gasteiger partial charge in [0.15, 0.2) is 0 Å². The van der Waals surface area contributed by atoms with E-state index < -0.39 is 0 Å². The zero-order valence-electron chi connectivity index (χ0n) is 10.4. The van der Waals surface area contributed by atoms with E-state index in [0.717, 1.165) is 11.3 Å². The number of hydrogen-bond acceptors (Lipinski definition) is 2. The number of hydrogen-bond donors (Lipinski definition) is 1. The molecule has 0 saturated carbocycles. The van der Waals surface area contributed by atoms with Gasteiger partial charge in [0.25, 0.3) is 5.91 Å². The lowest BCUT2D eigenvalue weighted by molar-refractivity contribution is 0.0990. The first kappa shape index (κ1) is 12.7. The minimum Gasteiger partial charge on any atom is -0.311 e. The number of benzene rings is 2. The molecule has 0 aliphatic rings.